The molecule has 0 N–H and O–H groups in total. The molecule has 2 aromatic rings. The molecule has 27 heavy (non-hydrogen) atoms. The van der Waals surface area contributed by atoms with Crippen molar-refractivity contribution in [2.24, 2.45) is 5.41 Å². The van der Waals surface area contributed by atoms with Crippen LogP contribution in [0.5, 0.6) is 0 Å². The number of ether oxygens (including phenoxy) is 1. The van der Waals surface area contributed by atoms with Crippen LogP contribution in [0.3, 0.4) is 0 Å². The third-order valence-electron chi connectivity index (χ3n) is 5.48. The van der Waals surface area contributed by atoms with E-state index in [4.69, 9.17) is 4.74 Å². The van der Waals surface area contributed by atoms with E-state index in [2.05, 4.69) is 0 Å². The third-order valence-corrected chi connectivity index (χ3v) is 6.56. The second-order valence-corrected chi connectivity index (χ2v) is 7.81. The Morgan fingerprint density at radius 3 is 2.52 bits per heavy atom. The fourth-order valence-corrected chi connectivity index (χ4v) is 5.38. The van der Waals surface area contributed by atoms with Gasteiger partial charge in [-0.05, 0) is 42.8 Å². The summed E-state index contributed by atoms with van der Waals surface area (Å²) in [5.74, 6) is -0.468. The Kier molecular flexibility index (Phi) is 4.35. The van der Waals surface area contributed by atoms with Gasteiger partial charge in [-0.25, -0.2) is 0 Å². The molecule has 0 spiro atoms. The van der Waals surface area contributed by atoms with Crippen LogP contribution in [0.15, 0.2) is 65.2 Å². The van der Waals surface area contributed by atoms with Crippen molar-refractivity contribution < 1.29 is 14.3 Å². The van der Waals surface area contributed by atoms with Gasteiger partial charge in [0.05, 0.1) is 12.6 Å². The van der Waals surface area contributed by atoms with E-state index in [0.717, 1.165) is 39.1 Å². The maximum Gasteiger partial charge on any atom is 0.327 e. The molecule has 2 aliphatic rings. The Hall–Kier alpha value is -2.53. The Morgan fingerprint density at radius 1 is 1.15 bits per heavy atom. The number of benzene rings is 2. The normalized spacial score (nSPS) is 23.9. The van der Waals surface area contributed by atoms with Crippen LogP contribution in [-0.2, 0) is 14.3 Å². The third kappa shape index (κ3) is 2.38. The second kappa shape index (κ2) is 6.57. The van der Waals surface area contributed by atoms with Crippen LogP contribution in [0.4, 0.5) is 0 Å². The molecule has 5 heteroatoms. The van der Waals surface area contributed by atoms with E-state index in [1.807, 2.05) is 73.5 Å². The molecule has 0 bridgehead atoms. The quantitative estimate of drug-likeness (QED) is 0.588. The van der Waals surface area contributed by atoms with Gasteiger partial charge in [-0.2, -0.15) is 0 Å². The molecule has 138 valence electrons. The summed E-state index contributed by atoms with van der Waals surface area (Å²) in [4.78, 5) is 29.9. The van der Waals surface area contributed by atoms with Crippen molar-refractivity contribution in [2.45, 2.75) is 24.8 Å². The highest BCUT2D eigenvalue weighted by Gasteiger charge is 2.64. The van der Waals surface area contributed by atoms with Gasteiger partial charge in [0, 0.05) is 23.2 Å². The van der Waals surface area contributed by atoms with Crippen LogP contribution >= 0.6 is 11.8 Å². The molecule has 0 saturated carbocycles. The van der Waals surface area contributed by atoms with Crippen molar-refractivity contribution in [2.75, 3.05) is 13.7 Å². The van der Waals surface area contributed by atoms with Crippen molar-refractivity contribution >= 4 is 28.4 Å². The number of allylic oxidation sites excluding steroid dienone is 1. The minimum Gasteiger partial charge on any atom is -0.465 e. The van der Waals surface area contributed by atoms with Crippen LogP contribution < -0.4 is 0 Å². The monoisotopic (exact) mass is 379 g/mol. The van der Waals surface area contributed by atoms with E-state index in [9.17, 15) is 9.59 Å². The van der Waals surface area contributed by atoms with Crippen molar-refractivity contribution in [3.63, 3.8) is 0 Å². The average molecular weight is 379 g/mol. The first-order valence-corrected chi connectivity index (χ1v) is 9.83. The topological polar surface area (TPSA) is 46.6 Å². The molecule has 4 nitrogen and oxygen atoms in total. The summed E-state index contributed by atoms with van der Waals surface area (Å²) < 4.78 is 5.49. The molecule has 2 aliphatic heterocycles. The SMILES string of the molecule is CCOC(=O)[C@]12C(=O)Sc3ccccc3C1=C(C)N(C)[C@H]2c1ccccc1. The molecule has 0 saturated heterocycles. The largest absolute Gasteiger partial charge is 0.465 e. The lowest BCUT2D eigenvalue weighted by molar-refractivity contribution is -0.156. The van der Waals surface area contributed by atoms with Crippen LogP contribution in [0.2, 0.25) is 0 Å². The minimum absolute atomic E-state index is 0.174. The van der Waals surface area contributed by atoms with Crippen LogP contribution in [-0.4, -0.2) is 29.6 Å². The first-order chi connectivity index (χ1) is 13.0. The molecule has 0 fully saturated rings. The maximum absolute atomic E-state index is 13.6. The zero-order valence-corrected chi connectivity index (χ0v) is 16.4. The summed E-state index contributed by atoms with van der Waals surface area (Å²) in [5.41, 5.74) is 2.21. The number of fused-ring (bicyclic) bond motifs is 3. The molecule has 0 aliphatic carbocycles. The molecule has 0 unspecified atom stereocenters. The van der Waals surface area contributed by atoms with Crippen molar-refractivity contribution in [3.05, 3.63) is 71.4 Å². The Labute approximate surface area is 163 Å². The van der Waals surface area contributed by atoms with Gasteiger partial charge in [-0.1, -0.05) is 48.5 Å². The number of carbonyl (C=O) groups excluding carboxylic acids is 2. The lowest BCUT2D eigenvalue weighted by atomic mass is 9.71. The summed E-state index contributed by atoms with van der Waals surface area (Å²) in [7, 11) is 1.94. The fourth-order valence-electron chi connectivity index (χ4n) is 4.30. The van der Waals surface area contributed by atoms with Crippen molar-refractivity contribution in [1.82, 2.24) is 4.90 Å². The average Bonchev–Trinajstić information content (AvgIpc) is 2.92. The van der Waals surface area contributed by atoms with E-state index >= 15 is 0 Å². The highest BCUT2D eigenvalue weighted by atomic mass is 32.2. The lowest BCUT2D eigenvalue weighted by Crippen LogP contribution is -2.47. The second-order valence-electron chi connectivity index (χ2n) is 6.80. The summed E-state index contributed by atoms with van der Waals surface area (Å²) in [5, 5.41) is -0.174. The summed E-state index contributed by atoms with van der Waals surface area (Å²) in [6, 6.07) is 17.1. The van der Waals surface area contributed by atoms with E-state index < -0.39 is 17.4 Å². The lowest BCUT2D eigenvalue weighted by Gasteiger charge is -2.39. The highest BCUT2D eigenvalue weighted by molar-refractivity contribution is 8.14. The van der Waals surface area contributed by atoms with Gasteiger partial charge in [0.2, 0.25) is 5.12 Å². The number of carbonyl (C=O) groups is 2. The van der Waals surface area contributed by atoms with E-state index in [-0.39, 0.29) is 11.7 Å². The highest BCUT2D eigenvalue weighted by Crippen LogP contribution is 2.62. The van der Waals surface area contributed by atoms with Gasteiger partial charge >= 0.3 is 5.97 Å². The maximum atomic E-state index is 13.6. The molecular formula is C22H21NO3S. The summed E-state index contributed by atoms with van der Waals surface area (Å²) in [6.07, 6.45) is 0. The van der Waals surface area contributed by atoms with Gasteiger partial charge in [0.15, 0.2) is 5.41 Å². The molecule has 0 amide bonds. The fraction of sp³-hybridized carbons (Fsp3) is 0.273. The Bertz CT molecular complexity index is 953. The molecule has 2 aromatic carbocycles. The number of nitrogens with zero attached hydrogens (tertiary/aromatic N) is 1. The number of hydrogen-bond donors (Lipinski definition) is 0. The predicted octanol–water partition coefficient (Wildman–Crippen LogP) is 4.29. The Balaban J connectivity index is 2.03. The number of thioether (sulfide) groups is 1. The smallest absolute Gasteiger partial charge is 0.327 e. The zero-order valence-electron chi connectivity index (χ0n) is 15.6. The molecule has 2 heterocycles. The van der Waals surface area contributed by atoms with E-state index in [0.29, 0.717) is 0 Å². The molecular weight excluding hydrogens is 358 g/mol. The van der Waals surface area contributed by atoms with Gasteiger partial charge in [0.25, 0.3) is 0 Å². The van der Waals surface area contributed by atoms with Gasteiger partial charge in [-0.3, -0.25) is 9.59 Å². The molecule has 4 rings (SSSR count). The van der Waals surface area contributed by atoms with E-state index in [1.54, 1.807) is 6.92 Å². The minimum atomic E-state index is -1.37. The molecule has 2 atom stereocenters. The van der Waals surface area contributed by atoms with Crippen molar-refractivity contribution in [3.8, 4) is 0 Å². The van der Waals surface area contributed by atoms with E-state index in [1.165, 1.54) is 0 Å². The van der Waals surface area contributed by atoms with Gasteiger partial charge in [0.1, 0.15) is 0 Å². The van der Waals surface area contributed by atoms with Gasteiger partial charge in [-0.15, -0.1) is 0 Å². The molecule has 0 radical (unpaired) electrons. The van der Waals surface area contributed by atoms with Crippen LogP contribution in [0.25, 0.3) is 5.57 Å². The van der Waals surface area contributed by atoms with Crippen LogP contribution in [0, 0.1) is 5.41 Å². The number of esters is 1. The first kappa shape index (κ1) is 17.9. The van der Waals surface area contributed by atoms with Crippen LogP contribution in [0.1, 0.15) is 31.0 Å². The first-order valence-electron chi connectivity index (χ1n) is 9.01. The molecule has 0 aromatic heterocycles. The number of hydrogen-bond acceptors (Lipinski definition) is 5. The predicted molar refractivity (Wildman–Crippen MR) is 106 cm³/mol. The standard InChI is InChI=1S/C22H21NO3S/c1-4-26-20(24)22-18(16-12-8-9-13-17(16)27-21(22)25)14(2)23(3)19(22)15-10-6-5-7-11-15/h5-13,19H,4H2,1-3H3/t19-,22-/m0/s1. The Morgan fingerprint density at radius 2 is 1.81 bits per heavy atom. The van der Waals surface area contributed by atoms with Crippen molar-refractivity contribution in [1.29, 1.82) is 0 Å². The summed E-state index contributed by atoms with van der Waals surface area (Å²) in [6.45, 7) is 3.99. The zero-order chi connectivity index (χ0) is 19.2. The van der Waals surface area contributed by atoms with Gasteiger partial charge < -0.3 is 9.64 Å². The number of rotatable bonds is 3. The summed E-state index contributed by atoms with van der Waals surface area (Å²) >= 11 is 1.14.